The SMILES string of the molecule is COc1ccc(C(C)NS(=O)(=O)c2ccc(OC)c(C(=O)N3CCCCC3)c2)cc1. The lowest BCUT2D eigenvalue weighted by atomic mass is 10.1. The van der Waals surface area contributed by atoms with Crippen LogP contribution in [0.4, 0.5) is 0 Å². The van der Waals surface area contributed by atoms with E-state index in [1.54, 1.807) is 31.1 Å². The summed E-state index contributed by atoms with van der Waals surface area (Å²) in [5, 5.41) is 0. The van der Waals surface area contributed by atoms with Gasteiger partial charge in [0.1, 0.15) is 11.5 Å². The predicted octanol–water partition coefficient (Wildman–Crippen LogP) is 3.37. The van der Waals surface area contributed by atoms with E-state index in [0.29, 0.717) is 24.6 Å². The molecule has 0 radical (unpaired) electrons. The third-order valence-electron chi connectivity index (χ3n) is 5.30. The molecule has 0 spiro atoms. The molecule has 1 N–H and O–H groups in total. The van der Waals surface area contributed by atoms with Gasteiger partial charge in [0.2, 0.25) is 10.0 Å². The summed E-state index contributed by atoms with van der Waals surface area (Å²) in [4.78, 5) is 14.8. The maximum Gasteiger partial charge on any atom is 0.257 e. The van der Waals surface area contributed by atoms with Crippen LogP contribution in [0.5, 0.6) is 11.5 Å². The standard InChI is InChI=1S/C22H28N2O5S/c1-16(17-7-9-18(28-2)10-8-17)23-30(26,27)19-11-12-21(29-3)20(15-19)22(25)24-13-5-4-6-14-24/h7-12,15-16,23H,4-6,13-14H2,1-3H3. The molecular weight excluding hydrogens is 404 g/mol. The molecule has 1 saturated heterocycles. The second kappa shape index (κ2) is 9.49. The molecule has 1 aliphatic rings. The predicted molar refractivity (Wildman–Crippen MR) is 114 cm³/mol. The maximum absolute atomic E-state index is 13.0. The number of hydrogen-bond acceptors (Lipinski definition) is 5. The molecule has 1 heterocycles. The van der Waals surface area contributed by atoms with E-state index in [9.17, 15) is 13.2 Å². The maximum atomic E-state index is 13.0. The van der Waals surface area contributed by atoms with Crippen LogP contribution in [0.1, 0.15) is 48.1 Å². The largest absolute Gasteiger partial charge is 0.497 e. The molecule has 1 aliphatic heterocycles. The monoisotopic (exact) mass is 432 g/mol. The van der Waals surface area contributed by atoms with E-state index >= 15 is 0 Å². The first-order valence-electron chi connectivity index (χ1n) is 9.99. The Balaban J connectivity index is 1.84. The van der Waals surface area contributed by atoms with Crippen molar-refractivity contribution in [3.05, 3.63) is 53.6 Å². The van der Waals surface area contributed by atoms with Crippen LogP contribution in [-0.2, 0) is 10.0 Å². The number of ether oxygens (including phenoxy) is 2. The number of rotatable bonds is 7. The summed E-state index contributed by atoms with van der Waals surface area (Å²) < 4.78 is 39.1. The van der Waals surface area contributed by atoms with Crippen LogP contribution < -0.4 is 14.2 Å². The summed E-state index contributed by atoms with van der Waals surface area (Å²) in [5.41, 5.74) is 1.07. The molecule has 1 fully saturated rings. The molecule has 2 aromatic rings. The van der Waals surface area contributed by atoms with Crippen LogP contribution in [0.3, 0.4) is 0 Å². The van der Waals surface area contributed by atoms with Gasteiger partial charge < -0.3 is 14.4 Å². The highest BCUT2D eigenvalue weighted by atomic mass is 32.2. The van der Waals surface area contributed by atoms with Crippen LogP contribution in [0.15, 0.2) is 47.4 Å². The van der Waals surface area contributed by atoms with E-state index in [2.05, 4.69) is 4.72 Å². The highest BCUT2D eigenvalue weighted by Crippen LogP contribution is 2.26. The Hall–Kier alpha value is -2.58. The van der Waals surface area contributed by atoms with E-state index in [0.717, 1.165) is 24.8 Å². The number of benzene rings is 2. The minimum Gasteiger partial charge on any atom is -0.497 e. The zero-order valence-corrected chi connectivity index (χ0v) is 18.4. The number of carbonyl (C=O) groups excluding carboxylic acids is 1. The van der Waals surface area contributed by atoms with Gasteiger partial charge in [0.05, 0.1) is 24.7 Å². The summed E-state index contributed by atoms with van der Waals surface area (Å²) in [5.74, 6) is 0.865. The van der Waals surface area contributed by atoms with Crippen LogP contribution >= 0.6 is 0 Å². The van der Waals surface area contributed by atoms with Crippen molar-refractivity contribution in [1.29, 1.82) is 0 Å². The van der Waals surface area contributed by atoms with Crippen LogP contribution in [0, 0.1) is 0 Å². The van der Waals surface area contributed by atoms with Gasteiger partial charge in [0.15, 0.2) is 0 Å². The third kappa shape index (κ3) is 4.94. The molecule has 0 aromatic heterocycles. The fourth-order valence-electron chi connectivity index (χ4n) is 3.55. The van der Waals surface area contributed by atoms with E-state index in [-0.39, 0.29) is 16.4 Å². The Bertz CT molecular complexity index is 983. The van der Waals surface area contributed by atoms with Crippen molar-refractivity contribution in [2.75, 3.05) is 27.3 Å². The van der Waals surface area contributed by atoms with Gasteiger partial charge in [-0.2, -0.15) is 0 Å². The summed E-state index contributed by atoms with van der Waals surface area (Å²) >= 11 is 0. The molecule has 30 heavy (non-hydrogen) atoms. The average Bonchev–Trinajstić information content (AvgIpc) is 2.78. The Morgan fingerprint density at radius 2 is 1.67 bits per heavy atom. The molecule has 3 rings (SSSR count). The second-order valence-corrected chi connectivity index (χ2v) is 9.05. The van der Waals surface area contributed by atoms with Gasteiger partial charge in [-0.05, 0) is 62.1 Å². The first kappa shape index (κ1) is 22.1. The van der Waals surface area contributed by atoms with Crippen molar-refractivity contribution in [3.8, 4) is 11.5 Å². The molecular formula is C22H28N2O5S. The van der Waals surface area contributed by atoms with Crippen LogP contribution in [-0.4, -0.2) is 46.5 Å². The number of hydrogen-bond donors (Lipinski definition) is 1. The van der Waals surface area contributed by atoms with Gasteiger partial charge >= 0.3 is 0 Å². The molecule has 1 unspecified atom stereocenters. The Morgan fingerprint density at radius 3 is 2.27 bits per heavy atom. The lowest BCUT2D eigenvalue weighted by Gasteiger charge is -2.27. The zero-order chi connectivity index (χ0) is 21.7. The normalized spacial score (nSPS) is 15.5. The quantitative estimate of drug-likeness (QED) is 0.725. The molecule has 7 nitrogen and oxygen atoms in total. The smallest absolute Gasteiger partial charge is 0.257 e. The first-order valence-corrected chi connectivity index (χ1v) is 11.5. The van der Waals surface area contributed by atoms with Gasteiger partial charge in [-0.1, -0.05) is 12.1 Å². The second-order valence-electron chi connectivity index (χ2n) is 7.33. The molecule has 162 valence electrons. The Morgan fingerprint density at radius 1 is 1.00 bits per heavy atom. The van der Waals surface area contributed by atoms with Crippen molar-refractivity contribution in [2.45, 2.75) is 37.1 Å². The molecule has 0 saturated carbocycles. The zero-order valence-electron chi connectivity index (χ0n) is 17.6. The van der Waals surface area contributed by atoms with Gasteiger partial charge in [-0.25, -0.2) is 13.1 Å². The first-order chi connectivity index (χ1) is 14.4. The number of methoxy groups -OCH3 is 2. The Labute approximate surface area is 178 Å². The van der Waals surface area contributed by atoms with Crippen molar-refractivity contribution >= 4 is 15.9 Å². The number of carbonyl (C=O) groups is 1. The summed E-state index contributed by atoms with van der Waals surface area (Å²) in [6, 6.07) is 11.1. The molecule has 0 bridgehead atoms. The highest BCUT2D eigenvalue weighted by molar-refractivity contribution is 7.89. The minimum atomic E-state index is -3.84. The number of amides is 1. The number of likely N-dealkylation sites (tertiary alicyclic amines) is 1. The number of piperidine rings is 1. The lowest BCUT2D eigenvalue weighted by molar-refractivity contribution is 0.0720. The average molecular weight is 433 g/mol. The van der Waals surface area contributed by atoms with Crippen LogP contribution in [0.25, 0.3) is 0 Å². The van der Waals surface area contributed by atoms with E-state index < -0.39 is 16.1 Å². The molecule has 1 atom stereocenters. The Kier molecular flexibility index (Phi) is 6.99. The van der Waals surface area contributed by atoms with E-state index in [1.807, 2.05) is 12.1 Å². The van der Waals surface area contributed by atoms with Gasteiger partial charge in [-0.3, -0.25) is 4.79 Å². The molecule has 2 aromatic carbocycles. The van der Waals surface area contributed by atoms with E-state index in [4.69, 9.17) is 9.47 Å². The number of nitrogens with one attached hydrogen (secondary N) is 1. The van der Waals surface area contributed by atoms with Crippen molar-refractivity contribution in [2.24, 2.45) is 0 Å². The molecule has 8 heteroatoms. The fourth-order valence-corrected chi connectivity index (χ4v) is 4.81. The van der Waals surface area contributed by atoms with Crippen LogP contribution in [0.2, 0.25) is 0 Å². The minimum absolute atomic E-state index is 0.0315. The van der Waals surface area contributed by atoms with Gasteiger partial charge in [0, 0.05) is 19.1 Å². The third-order valence-corrected chi connectivity index (χ3v) is 6.84. The number of nitrogens with zero attached hydrogens (tertiary/aromatic N) is 1. The summed E-state index contributed by atoms with van der Waals surface area (Å²) in [6.07, 6.45) is 3.00. The molecule has 1 amide bonds. The van der Waals surface area contributed by atoms with Gasteiger partial charge in [0.25, 0.3) is 5.91 Å². The fraction of sp³-hybridized carbons (Fsp3) is 0.409. The van der Waals surface area contributed by atoms with E-state index in [1.165, 1.54) is 25.3 Å². The number of sulfonamides is 1. The van der Waals surface area contributed by atoms with Crippen molar-refractivity contribution in [1.82, 2.24) is 9.62 Å². The summed E-state index contributed by atoms with van der Waals surface area (Å²) in [7, 11) is -0.793. The highest BCUT2D eigenvalue weighted by Gasteiger charge is 2.25. The van der Waals surface area contributed by atoms with Crippen molar-refractivity contribution < 1.29 is 22.7 Å². The lowest BCUT2D eigenvalue weighted by Crippen LogP contribution is -2.36. The topological polar surface area (TPSA) is 84.9 Å². The van der Waals surface area contributed by atoms with Gasteiger partial charge in [-0.15, -0.1) is 0 Å². The summed E-state index contributed by atoms with van der Waals surface area (Å²) in [6.45, 7) is 3.11. The van der Waals surface area contributed by atoms with Crippen molar-refractivity contribution in [3.63, 3.8) is 0 Å². The molecule has 0 aliphatic carbocycles.